The van der Waals surface area contributed by atoms with Crippen LogP contribution in [0.2, 0.25) is 0 Å². The summed E-state index contributed by atoms with van der Waals surface area (Å²) in [6.45, 7) is 0. The van der Waals surface area contributed by atoms with E-state index in [2.05, 4.69) is 4.42 Å². The van der Waals surface area contributed by atoms with Gasteiger partial charge in [0.05, 0.1) is 5.56 Å². The molecular formula is C10H5F3O2. The van der Waals surface area contributed by atoms with Crippen LogP contribution in [0.15, 0.2) is 39.5 Å². The molecule has 0 aliphatic rings. The minimum absolute atomic E-state index is 0.0580. The highest BCUT2D eigenvalue weighted by molar-refractivity contribution is 5.77. The van der Waals surface area contributed by atoms with Crippen LogP contribution in [0.3, 0.4) is 0 Å². The number of rotatable bonds is 0. The molecule has 15 heavy (non-hydrogen) atoms. The second-order valence-corrected chi connectivity index (χ2v) is 3.00. The molecule has 0 atom stereocenters. The van der Waals surface area contributed by atoms with E-state index in [0.717, 1.165) is 18.2 Å². The first-order chi connectivity index (χ1) is 6.97. The quantitative estimate of drug-likeness (QED) is 0.631. The van der Waals surface area contributed by atoms with Crippen LogP contribution >= 0.6 is 0 Å². The monoisotopic (exact) mass is 214 g/mol. The molecule has 0 saturated heterocycles. The maximum atomic E-state index is 12.3. The molecule has 0 aliphatic heterocycles. The van der Waals surface area contributed by atoms with E-state index < -0.39 is 17.4 Å². The Hall–Kier alpha value is -1.78. The zero-order valence-electron chi connectivity index (χ0n) is 7.34. The fourth-order valence-corrected chi connectivity index (χ4v) is 1.24. The van der Waals surface area contributed by atoms with Crippen LogP contribution in [-0.4, -0.2) is 0 Å². The lowest BCUT2D eigenvalue weighted by Gasteiger charge is -2.06. The highest BCUT2D eigenvalue weighted by Gasteiger charge is 2.30. The van der Waals surface area contributed by atoms with E-state index in [1.807, 2.05) is 0 Å². The summed E-state index contributed by atoms with van der Waals surface area (Å²) >= 11 is 0. The summed E-state index contributed by atoms with van der Waals surface area (Å²) < 4.78 is 41.5. The van der Waals surface area contributed by atoms with Crippen molar-refractivity contribution in [3.63, 3.8) is 0 Å². The number of halogens is 3. The van der Waals surface area contributed by atoms with Crippen molar-refractivity contribution in [2.75, 3.05) is 0 Å². The van der Waals surface area contributed by atoms with E-state index in [-0.39, 0.29) is 5.58 Å². The smallest absolute Gasteiger partial charge is 0.416 e. The summed E-state index contributed by atoms with van der Waals surface area (Å²) in [5.74, 6) is 0. The summed E-state index contributed by atoms with van der Waals surface area (Å²) in [5.41, 5.74) is -1.55. The largest absolute Gasteiger partial charge is 0.423 e. The Kier molecular flexibility index (Phi) is 2.03. The van der Waals surface area contributed by atoms with Crippen LogP contribution in [0.25, 0.3) is 11.0 Å². The third-order valence-corrected chi connectivity index (χ3v) is 1.95. The van der Waals surface area contributed by atoms with Crippen LogP contribution in [0, 0.1) is 0 Å². The molecule has 2 aromatic rings. The van der Waals surface area contributed by atoms with E-state index in [1.54, 1.807) is 0 Å². The molecule has 5 heteroatoms. The predicted molar refractivity (Wildman–Crippen MR) is 47.5 cm³/mol. The third kappa shape index (κ3) is 1.86. The summed E-state index contributed by atoms with van der Waals surface area (Å²) in [6, 6.07) is 5.61. The number of hydrogen-bond donors (Lipinski definition) is 0. The number of hydrogen-bond acceptors (Lipinski definition) is 2. The van der Waals surface area contributed by atoms with Gasteiger partial charge in [0.15, 0.2) is 0 Å². The Morgan fingerprint density at radius 2 is 1.73 bits per heavy atom. The standard InChI is InChI=1S/C10H5F3O2/c11-10(12,13)7-3-1-6-2-4-9(14)15-8(6)5-7/h1-5H. The summed E-state index contributed by atoms with van der Waals surface area (Å²) in [7, 11) is 0. The molecule has 0 N–H and O–H groups in total. The number of fused-ring (bicyclic) bond motifs is 1. The van der Waals surface area contributed by atoms with Gasteiger partial charge in [0.2, 0.25) is 0 Å². The topological polar surface area (TPSA) is 30.2 Å². The van der Waals surface area contributed by atoms with Gasteiger partial charge in [-0.2, -0.15) is 13.2 Å². The van der Waals surface area contributed by atoms with Gasteiger partial charge in [-0.1, -0.05) is 6.07 Å². The second-order valence-electron chi connectivity index (χ2n) is 3.00. The summed E-state index contributed by atoms with van der Waals surface area (Å²) in [5, 5.41) is 0.461. The Balaban J connectivity index is 2.70. The molecule has 2 nitrogen and oxygen atoms in total. The maximum absolute atomic E-state index is 12.3. The van der Waals surface area contributed by atoms with Crippen molar-refractivity contribution in [2.45, 2.75) is 6.18 Å². The van der Waals surface area contributed by atoms with Crippen molar-refractivity contribution in [2.24, 2.45) is 0 Å². The van der Waals surface area contributed by atoms with Gasteiger partial charge in [0.1, 0.15) is 5.58 Å². The molecule has 2 rings (SSSR count). The molecule has 1 heterocycles. The molecule has 0 fully saturated rings. The molecule has 0 amide bonds. The second kappa shape index (κ2) is 3.12. The van der Waals surface area contributed by atoms with Crippen molar-refractivity contribution in [1.82, 2.24) is 0 Å². The minimum atomic E-state index is -4.43. The maximum Gasteiger partial charge on any atom is 0.416 e. The SMILES string of the molecule is O=c1ccc2ccc(C(F)(F)F)cc2o1. The lowest BCUT2D eigenvalue weighted by Crippen LogP contribution is -2.04. The molecule has 0 saturated carbocycles. The third-order valence-electron chi connectivity index (χ3n) is 1.95. The van der Waals surface area contributed by atoms with Gasteiger partial charge in [-0.15, -0.1) is 0 Å². The van der Waals surface area contributed by atoms with Gasteiger partial charge in [0.25, 0.3) is 0 Å². The fourth-order valence-electron chi connectivity index (χ4n) is 1.24. The van der Waals surface area contributed by atoms with Gasteiger partial charge in [0, 0.05) is 11.5 Å². The first-order valence-corrected chi connectivity index (χ1v) is 4.08. The van der Waals surface area contributed by atoms with Crippen LogP contribution in [0.4, 0.5) is 13.2 Å². The fraction of sp³-hybridized carbons (Fsp3) is 0.100. The lowest BCUT2D eigenvalue weighted by atomic mass is 10.1. The summed E-state index contributed by atoms with van der Waals surface area (Å²) in [4.78, 5) is 10.8. The molecular weight excluding hydrogens is 209 g/mol. The molecule has 78 valence electrons. The van der Waals surface area contributed by atoms with E-state index in [0.29, 0.717) is 5.39 Å². The van der Waals surface area contributed by atoms with Crippen LogP contribution in [-0.2, 0) is 6.18 Å². The normalized spacial score (nSPS) is 11.9. The van der Waals surface area contributed by atoms with E-state index in [1.165, 1.54) is 12.1 Å². The summed E-state index contributed by atoms with van der Waals surface area (Å²) in [6.07, 6.45) is -4.43. The van der Waals surface area contributed by atoms with E-state index >= 15 is 0 Å². The molecule has 1 aromatic carbocycles. The Morgan fingerprint density at radius 1 is 1.07 bits per heavy atom. The average Bonchev–Trinajstić information content (AvgIpc) is 2.15. The molecule has 0 bridgehead atoms. The van der Waals surface area contributed by atoms with Gasteiger partial charge in [-0.05, 0) is 18.2 Å². The van der Waals surface area contributed by atoms with Crippen molar-refractivity contribution in [3.8, 4) is 0 Å². The zero-order chi connectivity index (χ0) is 11.1. The van der Waals surface area contributed by atoms with E-state index in [9.17, 15) is 18.0 Å². The molecule has 0 radical (unpaired) electrons. The highest BCUT2D eigenvalue weighted by atomic mass is 19.4. The average molecular weight is 214 g/mol. The first kappa shape index (κ1) is 9.76. The van der Waals surface area contributed by atoms with Gasteiger partial charge in [-0.3, -0.25) is 0 Å². The van der Waals surface area contributed by atoms with Gasteiger partial charge in [-0.25, -0.2) is 4.79 Å². The number of alkyl halides is 3. The Bertz CT molecular complexity index is 554. The molecule has 0 aliphatic carbocycles. The van der Waals surface area contributed by atoms with Crippen LogP contribution in [0.1, 0.15) is 5.56 Å². The lowest BCUT2D eigenvalue weighted by molar-refractivity contribution is -0.137. The van der Waals surface area contributed by atoms with Crippen molar-refractivity contribution in [3.05, 3.63) is 46.3 Å². The first-order valence-electron chi connectivity index (χ1n) is 4.08. The van der Waals surface area contributed by atoms with Gasteiger partial charge >= 0.3 is 11.8 Å². The zero-order valence-corrected chi connectivity index (χ0v) is 7.34. The number of benzene rings is 1. The predicted octanol–water partition coefficient (Wildman–Crippen LogP) is 2.81. The van der Waals surface area contributed by atoms with Crippen molar-refractivity contribution >= 4 is 11.0 Å². The van der Waals surface area contributed by atoms with Crippen LogP contribution in [0.5, 0.6) is 0 Å². The van der Waals surface area contributed by atoms with Crippen molar-refractivity contribution < 1.29 is 17.6 Å². The van der Waals surface area contributed by atoms with E-state index in [4.69, 9.17) is 0 Å². The Labute approximate surface area is 81.9 Å². The molecule has 0 spiro atoms. The molecule has 1 aromatic heterocycles. The molecule has 0 unspecified atom stereocenters. The van der Waals surface area contributed by atoms with Crippen LogP contribution < -0.4 is 5.63 Å². The Morgan fingerprint density at radius 3 is 2.40 bits per heavy atom. The van der Waals surface area contributed by atoms with Gasteiger partial charge < -0.3 is 4.42 Å². The minimum Gasteiger partial charge on any atom is -0.423 e. The highest BCUT2D eigenvalue weighted by Crippen LogP contribution is 2.30. The van der Waals surface area contributed by atoms with Crippen molar-refractivity contribution in [1.29, 1.82) is 0 Å².